The van der Waals surface area contributed by atoms with Crippen LogP contribution in [0.4, 0.5) is 5.69 Å². The first-order chi connectivity index (χ1) is 16.2. The summed E-state index contributed by atoms with van der Waals surface area (Å²) in [5.41, 5.74) is 1.82. The molecule has 34 heavy (non-hydrogen) atoms. The van der Waals surface area contributed by atoms with Gasteiger partial charge in [0, 0.05) is 13.3 Å². The van der Waals surface area contributed by atoms with Crippen molar-refractivity contribution in [1.82, 2.24) is 10.3 Å². The van der Waals surface area contributed by atoms with Gasteiger partial charge >= 0.3 is 0 Å². The molecule has 0 saturated heterocycles. The maximum absolute atomic E-state index is 12.9. The van der Waals surface area contributed by atoms with Gasteiger partial charge in [0.1, 0.15) is 11.2 Å². The minimum atomic E-state index is -4.09. The highest BCUT2D eigenvalue weighted by atomic mass is 32.2. The second-order valence-electron chi connectivity index (χ2n) is 8.01. The maximum Gasteiger partial charge on any atom is 0.286 e. The number of aromatic nitrogens is 1. The molecule has 0 saturated carbocycles. The van der Waals surface area contributed by atoms with Crippen molar-refractivity contribution in [1.29, 1.82) is 0 Å². The van der Waals surface area contributed by atoms with Crippen molar-refractivity contribution in [2.75, 3.05) is 5.32 Å². The minimum Gasteiger partial charge on any atom is -0.448 e. The van der Waals surface area contributed by atoms with E-state index in [2.05, 4.69) is 20.0 Å². The van der Waals surface area contributed by atoms with Crippen LogP contribution >= 0.6 is 0 Å². The van der Waals surface area contributed by atoms with Gasteiger partial charge in [-0.3, -0.25) is 9.59 Å². The largest absolute Gasteiger partial charge is 0.448 e. The Morgan fingerprint density at radius 2 is 1.88 bits per heavy atom. The van der Waals surface area contributed by atoms with E-state index in [1.807, 2.05) is 30.3 Å². The summed E-state index contributed by atoms with van der Waals surface area (Å²) < 4.78 is 34.9. The van der Waals surface area contributed by atoms with E-state index in [1.165, 1.54) is 19.3 Å². The molecule has 10 heteroatoms. The quantitative estimate of drug-likeness (QED) is 0.504. The Balaban J connectivity index is 1.53. The number of amides is 1. The van der Waals surface area contributed by atoms with Crippen molar-refractivity contribution >= 4 is 33.2 Å². The molecular formula is C24H24N4O5S. The summed E-state index contributed by atoms with van der Waals surface area (Å²) in [7, 11) is -4.09. The van der Waals surface area contributed by atoms with E-state index in [4.69, 9.17) is 4.42 Å². The molecule has 2 atom stereocenters. The highest BCUT2D eigenvalue weighted by Crippen LogP contribution is 2.32. The van der Waals surface area contributed by atoms with E-state index in [0.717, 1.165) is 5.56 Å². The van der Waals surface area contributed by atoms with Gasteiger partial charge in [0.05, 0.1) is 23.8 Å². The van der Waals surface area contributed by atoms with E-state index in [-0.39, 0.29) is 40.7 Å². The summed E-state index contributed by atoms with van der Waals surface area (Å²) in [6, 6.07) is 13.9. The number of oxazole rings is 1. The van der Waals surface area contributed by atoms with Gasteiger partial charge in [0.2, 0.25) is 11.8 Å². The molecule has 1 aliphatic heterocycles. The number of hydrogen-bond acceptors (Lipinski definition) is 7. The van der Waals surface area contributed by atoms with Crippen LogP contribution in [0.5, 0.6) is 0 Å². The van der Waals surface area contributed by atoms with Crippen LogP contribution in [0.25, 0.3) is 0 Å². The molecule has 4 rings (SSSR count). The fourth-order valence-electron chi connectivity index (χ4n) is 3.87. The Bertz CT molecular complexity index is 1330. The SMILES string of the molecule is CC(=O)NC(C)c1ccc2c(c1)S(=O)(=O)N=C(C(=O)CCC(c1ccccc1)c1ncco1)N2. The van der Waals surface area contributed by atoms with Crippen molar-refractivity contribution in [3.05, 3.63) is 78.0 Å². The van der Waals surface area contributed by atoms with Crippen LogP contribution in [-0.4, -0.2) is 30.9 Å². The van der Waals surface area contributed by atoms with Crippen LogP contribution in [0.2, 0.25) is 0 Å². The van der Waals surface area contributed by atoms with Crippen LogP contribution in [0.1, 0.15) is 55.7 Å². The molecule has 1 amide bonds. The fourth-order valence-corrected chi connectivity index (χ4v) is 5.04. The van der Waals surface area contributed by atoms with Crippen LogP contribution in [0.15, 0.2) is 74.7 Å². The number of ketones is 1. The van der Waals surface area contributed by atoms with Gasteiger partial charge in [-0.15, -0.1) is 4.40 Å². The second-order valence-corrected chi connectivity index (χ2v) is 9.59. The number of fused-ring (bicyclic) bond motifs is 1. The van der Waals surface area contributed by atoms with Crippen molar-refractivity contribution in [2.24, 2.45) is 4.40 Å². The molecule has 2 unspecified atom stereocenters. The lowest BCUT2D eigenvalue weighted by Gasteiger charge is -2.20. The number of hydrogen-bond donors (Lipinski definition) is 2. The van der Waals surface area contributed by atoms with E-state index < -0.39 is 15.8 Å². The summed E-state index contributed by atoms with van der Waals surface area (Å²) in [5, 5.41) is 5.57. The smallest absolute Gasteiger partial charge is 0.286 e. The van der Waals surface area contributed by atoms with E-state index in [9.17, 15) is 18.0 Å². The predicted octanol–water partition coefficient (Wildman–Crippen LogP) is 3.57. The number of nitrogens with zero attached hydrogens (tertiary/aromatic N) is 2. The third kappa shape index (κ3) is 5.07. The van der Waals surface area contributed by atoms with E-state index in [1.54, 1.807) is 25.3 Å². The molecule has 2 N–H and O–H groups in total. The fraction of sp³-hybridized carbons (Fsp3) is 0.250. The molecule has 0 bridgehead atoms. The number of rotatable bonds is 8. The minimum absolute atomic E-state index is 0.0380. The van der Waals surface area contributed by atoms with Gasteiger partial charge < -0.3 is 15.1 Å². The average Bonchev–Trinajstić information content (AvgIpc) is 3.33. The first-order valence-electron chi connectivity index (χ1n) is 10.7. The summed E-state index contributed by atoms with van der Waals surface area (Å²) in [4.78, 5) is 28.5. The third-order valence-corrected chi connectivity index (χ3v) is 6.86. The molecule has 2 aromatic carbocycles. The van der Waals surface area contributed by atoms with Crippen LogP contribution in [0.3, 0.4) is 0 Å². The highest BCUT2D eigenvalue weighted by molar-refractivity contribution is 7.90. The average molecular weight is 481 g/mol. The predicted molar refractivity (Wildman–Crippen MR) is 126 cm³/mol. The number of anilines is 1. The van der Waals surface area contributed by atoms with E-state index in [0.29, 0.717) is 17.9 Å². The molecule has 176 valence electrons. The Labute approximate surface area is 197 Å². The van der Waals surface area contributed by atoms with Gasteiger partial charge in [-0.2, -0.15) is 8.42 Å². The maximum atomic E-state index is 12.9. The van der Waals surface area contributed by atoms with Gasteiger partial charge in [0.15, 0.2) is 11.6 Å². The molecule has 0 aliphatic carbocycles. The van der Waals surface area contributed by atoms with E-state index >= 15 is 0 Å². The van der Waals surface area contributed by atoms with Crippen LogP contribution in [-0.2, 0) is 19.6 Å². The molecule has 9 nitrogen and oxygen atoms in total. The monoisotopic (exact) mass is 480 g/mol. The van der Waals surface area contributed by atoms with Crippen LogP contribution in [0, 0.1) is 0 Å². The zero-order valence-corrected chi connectivity index (χ0v) is 19.5. The van der Waals surface area contributed by atoms with Crippen molar-refractivity contribution in [3.8, 4) is 0 Å². The molecule has 3 aromatic rings. The molecule has 1 aliphatic rings. The highest BCUT2D eigenvalue weighted by Gasteiger charge is 2.30. The third-order valence-electron chi connectivity index (χ3n) is 5.54. The lowest BCUT2D eigenvalue weighted by atomic mass is 9.93. The Morgan fingerprint density at radius 3 is 2.56 bits per heavy atom. The van der Waals surface area contributed by atoms with Crippen molar-refractivity contribution in [3.63, 3.8) is 0 Å². The number of carbonyl (C=O) groups excluding carboxylic acids is 2. The molecule has 0 radical (unpaired) electrons. The summed E-state index contributed by atoms with van der Waals surface area (Å²) in [6.07, 6.45) is 3.43. The number of benzene rings is 2. The summed E-state index contributed by atoms with van der Waals surface area (Å²) >= 11 is 0. The lowest BCUT2D eigenvalue weighted by Crippen LogP contribution is -2.29. The number of nitrogens with one attached hydrogen (secondary N) is 2. The zero-order chi connectivity index (χ0) is 24.3. The Hall–Kier alpha value is -3.79. The van der Waals surface area contributed by atoms with Gasteiger partial charge in [-0.25, -0.2) is 4.98 Å². The zero-order valence-electron chi connectivity index (χ0n) is 18.7. The lowest BCUT2D eigenvalue weighted by molar-refractivity contribution is -0.119. The topological polar surface area (TPSA) is 131 Å². The Kier molecular flexibility index (Phi) is 6.60. The first-order valence-corrected chi connectivity index (χ1v) is 12.2. The molecule has 0 fully saturated rings. The summed E-state index contributed by atoms with van der Waals surface area (Å²) in [6.45, 7) is 3.14. The van der Waals surface area contributed by atoms with Crippen molar-refractivity contribution < 1.29 is 22.4 Å². The van der Waals surface area contributed by atoms with Gasteiger partial charge in [0.25, 0.3) is 10.0 Å². The summed E-state index contributed by atoms with van der Waals surface area (Å²) in [5.74, 6) is -0.662. The number of amidine groups is 1. The normalized spacial score (nSPS) is 15.9. The Morgan fingerprint density at radius 1 is 1.12 bits per heavy atom. The number of carbonyl (C=O) groups is 2. The first kappa shape index (κ1) is 23.4. The molecule has 2 heterocycles. The van der Waals surface area contributed by atoms with Gasteiger partial charge in [-0.1, -0.05) is 36.4 Å². The van der Waals surface area contributed by atoms with Crippen molar-refractivity contribution in [2.45, 2.75) is 43.5 Å². The molecular weight excluding hydrogens is 456 g/mol. The number of Topliss-reactive ketones (excluding diaryl/α,β-unsaturated/α-hetero) is 1. The molecule has 1 aromatic heterocycles. The van der Waals surface area contributed by atoms with Gasteiger partial charge in [-0.05, 0) is 36.6 Å². The standard InChI is InChI=1S/C24H24N4O5S/c1-15(26-16(2)29)18-8-10-20-22(14-18)34(31,32)28-23(27-20)21(30)11-9-19(24-25-12-13-33-24)17-6-4-3-5-7-17/h3-8,10,12-15,19H,9,11H2,1-2H3,(H,26,29)(H,27,28). The second kappa shape index (κ2) is 9.60. The van der Waals surface area contributed by atoms with Crippen LogP contribution < -0.4 is 10.6 Å². The molecule has 0 spiro atoms. The number of sulfonamides is 1.